The fourth-order valence-electron chi connectivity index (χ4n) is 4.74. The number of carbonyl (C=O) groups is 2. The van der Waals surface area contributed by atoms with Gasteiger partial charge in [0.05, 0.1) is 20.3 Å². The van der Waals surface area contributed by atoms with Crippen LogP contribution in [0, 0.1) is 5.92 Å². The standard InChI is InChI=1S/C25H31N3O4/c1-31-20-10-11-23(32-2)21(17-20)22-9-6-14-28(22)24(29)18-12-15-27(16-13-18)25(30)26-19-7-4-3-5-8-19/h3-5,7-8,10-11,17-18,22H,6,9,12-16H2,1-2H3,(H,26,30). The largest absolute Gasteiger partial charge is 0.497 e. The van der Waals surface area contributed by atoms with E-state index in [1.807, 2.05) is 53.4 Å². The van der Waals surface area contributed by atoms with Gasteiger partial charge in [-0.3, -0.25) is 4.79 Å². The number of methoxy groups -OCH3 is 2. The first-order valence-electron chi connectivity index (χ1n) is 11.2. The van der Waals surface area contributed by atoms with E-state index in [-0.39, 0.29) is 23.9 Å². The van der Waals surface area contributed by atoms with Gasteiger partial charge in [-0.25, -0.2) is 4.79 Å². The Kier molecular flexibility index (Phi) is 6.83. The summed E-state index contributed by atoms with van der Waals surface area (Å²) in [4.78, 5) is 29.8. The first-order chi connectivity index (χ1) is 15.6. The summed E-state index contributed by atoms with van der Waals surface area (Å²) in [5.74, 6) is 1.66. The number of carbonyl (C=O) groups excluding carboxylic acids is 2. The smallest absolute Gasteiger partial charge is 0.321 e. The second-order valence-electron chi connectivity index (χ2n) is 8.36. The molecule has 2 fully saturated rings. The summed E-state index contributed by atoms with van der Waals surface area (Å²) in [7, 11) is 3.30. The van der Waals surface area contributed by atoms with Crippen LogP contribution in [0.2, 0.25) is 0 Å². The van der Waals surface area contributed by atoms with Gasteiger partial charge in [-0.15, -0.1) is 0 Å². The topological polar surface area (TPSA) is 71.1 Å². The number of benzene rings is 2. The number of hydrogen-bond donors (Lipinski definition) is 1. The van der Waals surface area contributed by atoms with E-state index in [1.54, 1.807) is 19.1 Å². The number of hydrogen-bond acceptors (Lipinski definition) is 4. The fraction of sp³-hybridized carbons (Fsp3) is 0.440. The van der Waals surface area contributed by atoms with Crippen LogP contribution in [0.25, 0.3) is 0 Å². The number of amides is 3. The van der Waals surface area contributed by atoms with Gasteiger partial charge < -0.3 is 24.6 Å². The summed E-state index contributed by atoms with van der Waals surface area (Å²) in [5.41, 5.74) is 1.78. The Hall–Kier alpha value is -3.22. The lowest BCUT2D eigenvalue weighted by Crippen LogP contribution is -2.45. The summed E-state index contributed by atoms with van der Waals surface area (Å²) < 4.78 is 11.0. The number of nitrogens with zero attached hydrogens (tertiary/aromatic N) is 2. The van der Waals surface area contributed by atoms with E-state index in [4.69, 9.17) is 9.47 Å². The highest BCUT2D eigenvalue weighted by atomic mass is 16.5. The molecular formula is C25H31N3O4. The van der Waals surface area contributed by atoms with Gasteiger partial charge >= 0.3 is 6.03 Å². The fourth-order valence-corrected chi connectivity index (χ4v) is 4.74. The second kappa shape index (κ2) is 9.94. The molecule has 0 saturated carbocycles. The van der Waals surface area contributed by atoms with Crippen molar-refractivity contribution in [2.75, 3.05) is 39.2 Å². The number of likely N-dealkylation sites (tertiary alicyclic amines) is 2. The van der Waals surface area contributed by atoms with Gasteiger partial charge in [-0.05, 0) is 56.0 Å². The number of ether oxygens (including phenoxy) is 2. The lowest BCUT2D eigenvalue weighted by molar-refractivity contribution is -0.137. The van der Waals surface area contributed by atoms with E-state index in [1.165, 1.54) is 0 Å². The van der Waals surface area contributed by atoms with Crippen LogP contribution < -0.4 is 14.8 Å². The summed E-state index contributed by atoms with van der Waals surface area (Å²) in [6, 6.07) is 15.1. The first kappa shape index (κ1) is 22.0. The minimum absolute atomic E-state index is 0.00745. The molecule has 2 heterocycles. The summed E-state index contributed by atoms with van der Waals surface area (Å²) in [6.45, 7) is 1.91. The van der Waals surface area contributed by atoms with Gasteiger partial charge in [0.25, 0.3) is 0 Å². The Balaban J connectivity index is 1.39. The molecule has 170 valence electrons. The molecule has 7 nitrogen and oxygen atoms in total. The van der Waals surface area contributed by atoms with E-state index >= 15 is 0 Å². The van der Waals surface area contributed by atoms with E-state index in [9.17, 15) is 9.59 Å². The Bertz CT molecular complexity index is 941. The zero-order valence-electron chi connectivity index (χ0n) is 18.8. The van der Waals surface area contributed by atoms with Crippen LogP contribution in [0.1, 0.15) is 37.3 Å². The number of anilines is 1. The lowest BCUT2D eigenvalue weighted by atomic mass is 9.94. The quantitative estimate of drug-likeness (QED) is 0.757. The molecule has 0 radical (unpaired) electrons. The van der Waals surface area contributed by atoms with Gasteiger partial charge in [0.1, 0.15) is 11.5 Å². The van der Waals surface area contributed by atoms with Crippen molar-refractivity contribution in [3.05, 3.63) is 54.1 Å². The molecule has 1 unspecified atom stereocenters. The van der Waals surface area contributed by atoms with Crippen LogP contribution in [0.3, 0.4) is 0 Å². The molecule has 32 heavy (non-hydrogen) atoms. The van der Waals surface area contributed by atoms with Crippen LogP contribution in [0.5, 0.6) is 11.5 Å². The molecule has 2 saturated heterocycles. The first-order valence-corrected chi connectivity index (χ1v) is 11.2. The highest BCUT2D eigenvalue weighted by Crippen LogP contribution is 2.40. The van der Waals surface area contributed by atoms with Crippen molar-refractivity contribution in [1.82, 2.24) is 9.80 Å². The molecule has 0 aliphatic carbocycles. The average molecular weight is 438 g/mol. The van der Waals surface area contributed by atoms with E-state index in [0.29, 0.717) is 25.9 Å². The van der Waals surface area contributed by atoms with Crippen LogP contribution in [-0.4, -0.2) is 55.6 Å². The van der Waals surface area contributed by atoms with Crippen molar-refractivity contribution >= 4 is 17.6 Å². The third-order valence-electron chi connectivity index (χ3n) is 6.49. The van der Waals surface area contributed by atoms with Crippen molar-refractivity contribution in [1.29, 1.82) is 0 Å². The number of nitrogens with one attached hydrogen (secondary N) is 1. The van der Waals surface area contributed by atoms with Gasteiger partial charge in [-0.1, -0.05) is 18.2 Å². The molecule has 7 heteroatoms. The predicted octanol–water partition coefficient (Wildman–Crippen LogP) is 4.31. The molecule has 2 aromatic carbocycles. The molecule has 2 aliphatic heterocycles. The molecular weight excluding hydrogens is 406 g/mol. The highest BCUT2D eigenvalue weighted by Gasteiger charge is 2.37. The normalized spacial score (nSPS) is 19.0. The Morgan fingerprint density at radius 1 is 0.938 bits per heavy atom. The van der Waals surface area contributed by atoms with E-state index in [0.717, 1.165) is 42.1 Å². The molecule has 0 aromatic heterocycles. The monoisotopic (exact) mass is 437 g/mol. The van der Waals surface area contributed by atoms with E-state index in [2.05, 4.69) is 5.32 Å². The number of piperidine rings is 1. The molecule has 3 amide bonds. The maximum absolute atomic E-state index is 13.4. The molecule has 1 N–H and O–H groups in total. The zero-order valence-corrected chi connectivity index (χ0v) is 18.8. The van der Waals surface area contributed by atoms with Crippen molar-refractivity contribution in [3.63, 3.8) is 0 Å². The minimum atomic E-state index is -0.109. The maximum atomic E-state index is 13.4. The molecule has 2 aromatic rings. The van der Waals surface area contributed by atoms with Crippen LogP contribution in [-0.2, 0) is 4.79 Å². The van der Waals surface area contributed by atoms with Gasteiger partial charge in [0.15, 0.2) is 0 Å². The third-order valence-corrected chi connectivity index (χ3v) is 6.49. The highest BCUT2D eigenvalue weighted by molar-refractivity contribution is 5.89. The predicted molar refractivity (Wildman–Crippen MR) is 123 cm³/mol. The summed E-state index contributed by atoms with van der Waals surface area (Å²) in [6.07, 6.45) is 3.24. The van der Waals surface area contributed by atoms with Crippen molar-refractivity contribution in [2.45, 2.75) is 31.7 Å². The third kappa shape index (κ3) is 4.66. The SMILES string of the molecule is COc1ccc(OC)c(C2CCCN2C(=O)C2CCN(C(=O)Nc3ccccc3)CC2)c1. The van der Waals surface area contributed by atoms with Crippen molar-refractivity contribution in [3.8, 4) is 11.5 Å². The Labute approximate surface area is 189 Å². The van der Waals surface area contributed by atoms with Crippen LogP contribution in [0.4, 0.5) is 10.5 Å². The average Bonchev–Trinajstić information content (AvgIpc) is 3.33. The molecule has 0 bridgehead atoms. The molecule has 4 rings (SSSR count). The zero-order chi connectivity index (χ0) is 22.5. The van der Waals surface area contributed by atoms with Crippen molar-refractivity contribution in [2.24, 2.45) is 5.92 Å². The van der Waals surface area contributed by atoms with Crippen LogP contribution in [0.15, 0.2) is 48.5 Å². The summed E-state index contributed by atoms with van der Waals surface area (Å²) >= 11 is 0. The Morgan fingerprint density at radius 2 is 1.69 bits per heavy atom. The number of para-hydroxylation sites is 1. The van der Waals surface area contributed by atoms with E-state index < -0.39 is 0 Å². The second-order valence-corrected chi connectivity index (χ2v) is 8.36. The number of rotatable bonds is 5. The lowest BCUT2D eigenvalue weighted by Gasteiger charge is -2.35. The molecule has 2 aliphatic rings. The van der Waals surface area contributed by atoms with Gasteiger partial charge in [0.2, 0.25) is 5.91 Å². The summed E-state index contributed by atoms with van der Waals surface area (Å²) in [5, 5.41) is 2.93. The Morgan fingerprint density at radius 3 is 2.38 bits per heavy atom. The van der Waals surface area contributed by atoms with Gasteiger partial charge in [-0.2, -0.15) is 0 Å². The molecule has 0 spiro atoms. The van der Waals surface area contributed by atoms with Crippen molar-refractivity contribution < 1.29 is 19.1 Å². The number of urea groups is 1. The maximum Gasteiger partial charge on any atom is 0.321 e. The molecule has 1 atom stereocenters. The van der Waals surface area contributed by atoms with Gasteiger partial charge in [0, 0.05) is 36.8 Å². The van der Waals surface area contributed by atoms with Crippen LogP contribution >= 0.6 is 0 Å². The minimum Gasteiger partial charge on any atom is -0.497 e.